The highest BCUT2D eigenvalue weighted by Crippen LogP contribution is 2.27. The van der Waals surface area contributed by atoms with Gasteiger partial charge in [0.25, 0.3) is 11.6 Å². The summed E-state index contributed by atoms with van der Waals surface area (Å²) in [4.78, 5) is 39.3. The SMILES string of the molecule is CC(OC(=O)c1ccc(Br)c([N+](=O)[O-])c1)C(=O)Nc1nc(-c2ccccc2)cs1. The van der Waals surface area contributed by atoms with E-state index in [-0.39, 0.29) is 15.7 Å². The average Bonchev–Trinajstić information content (AvgIpc) is 3.17. The first-order chi connectivity index (χ1) is 13.8. The normalized spacial score (nSPS) is 11.5. The summed E-state index contributed by atoms with van der Waals surface area (Å²) in [5.41, 5.74) is 1.34. The first kappa shape index (κ1) is 20.6. The fourth-order valence-corrected chi connectivity index (χ4v) is 3.46. The molecule has 8 nitrogen and oxygen atoms in total. The molecule has 0 spiro atoms. The van der Waals surface area contributed by atoms with Crippen molar-refractivity contribution in [3.05, 3.63) is 74.1 Å². The molecule has 0 aliphatic carbocycles. The zero-order valence-corrected chi connectivity index (χ0v) is 17.4. The van der Waals surface area contributed by atoms with Gasteiger partial charge in [-0.2, -0.15) is 0 Å². The number of hydrogen-bond acceptors (Lipinski definition) is 7. The molecule has 0 fully saturated rings. The standard InChI is InChI=1S/C19H14BrN3O5S/c1-11(28-18(25)13-7-8-14(20)16(9-13)23(26)27)17(24)22-19-21-15(10-29-19)12-5-3-2-4-6-12/h2-11H,1H3,(H,21,22,24). The van der Waals surface area contributed by atoms with Crippen molar-refractivity contribution in [1.29, 1.82) is 0 Å². The van der Waals surface area contributed by atoms with Gasteiger partial charge >= 0.3 is 5.97 Å². The molecule has 1 heterocycles. The molecule has 3 rings (SSSR count). The molecule has 1 N–H and O–H groups in total. The number of anilines is 1. The number of nitrogens with zero attached hydrogens (tertiary/aromatic N) is 2. The summed E-state index contributed by atoms with van der Waals surface area (Å²) in [7, 11) is 0. The van der Waals surface area contributed by atoms with Crippen LogP contribution < -0.4 is 5.32 Å². The Kier molecular flexibility index (Phi) is 6.35. The summed E-state index contributed by atoms with van der Waals surface area (Å²) in [6.07, 6.45) is -1.12. The molecule has 0 saturated heterocycles. The Hall–Kier alpha value is -3.11. The van der Waals surface area contributed by atoms with Crippen molar-refractivity contribution in [2.24, 2.45) is 0 Å². The van der Waals surface area contributed by atoms with Gasteiger partial charge in [-0.15, -0.1) is 11.3 Å². The van der Waals surface area contributed by atoms with E-state index in [4.69, 9.17) is 4.74 Å². The maximum atomic E-state index is 12.3. The largest absolute Gasteiger partial charge is 0.449 e. The minimum atomic E-state index is -1.12. The molecule has 0 aliphatic heterocycles. The molecule has 1 unspecified atom stereocenters. The zero-order chi connectivity index (χ0) is 21.0. The fraction of sp³-hybridized carbons (Fsp3) is 0.105. The van der Waals surface area contributed by atoms with E-state index in [0.717, 1.165) is 17.3 Å². The van der Waals surface area contributed by atoms with Crippen LogP contribution in [0.1, 0.15) is 17.3 Å². The lowest BCUT2D eigenvalue weighted by Crippen LogP contribution is -2.30. The Morgan fingerprint density at radius 2 is 1.97 bits per heavy atom. The van der Waals surface area contributed by atoms with Crippen LogP contribution in [0.2, 0.25) is 0 Å². The third kappa shape index (κ3) is 5.04. The number of halogens is 1. The number of nitrogens with one attached hydrogen (secondary N) is 1. The Morgan fingerprint density at radius 1 is 1.24 bits per heavy atom. The number of carbonyl (C=O) groups is 2. The molecule has 0 aliphatic rings. The number of rotatable bonds is 6. The smallest absolute Gasteiger partial charge is 0.339 e. The van der Waals surface area contributed by atoms with Gasteiger partial charge in [-0.3, -0.25) is 20.2 Å². The monoisotopic (exact) mass is 475 g/mol. The highest BCUT2D eigenvalue weighted by Gasteiger charge is 2.22. The van der Waals surface area contributed by atoms with Gasteiger partial charge in [0.15, 0.2) is 11.2 Å². The van der Waals surface area contributed by atoms with Gasteiger partial charge in [0.1, 0.15) is 0 Å². The lowest BCUT2D eigenvalue weighted by Gasteiger charge is -2.12. The lowest BCUT2D eigenvalue weighted by atomic mass is 10.2. The molecule has 1 atom stereocenters. The molecule has 0 saturated carbocycles. The number of aromatic nitrogens is 1. The van der Waals surface area contributed by atoms with Crippen LogP contribution >= 0.6 is 27.3 Å². The summed E-state index contributed by atoms with van der Waals surface area (Å²) in [6, 6.07) is 13.3. The highest BCUT2D eigenvalue weighted by molar-refractivity contribution is 9.10. The van der Waals surface area contributed by atoms with Crippen LogP contribution in [0.3, 0.4) is 0 Å². The van der Waals surface area contributed by atoms with Gasteiger partial charge in [0.2, 0.25) is 0 Å². The fourth-order valence-electron chi connectivity index (χ4n) is 2.34. The molecule has 0 radical (unpaired) electrons. The quantitative estimate of drug-likeness (QED) is 0.315. The van der Waals surface area contributed by atoms with E-state index in [0.29, 0.717) is 5.13 Å². The molecule has 1 amide bonds. The molecule has 2 aromatic carbocycles. The molecule has 29 heavy (non-hydrogen) atoms. The predicted octanol–water partition coefficient (Wildman–Crippen LogP) is 4.66. The molecular formula is C19H14BrN3O5S. The number of hydrogen-bond donors (Lipinski definition) is 1. The Bertz CT molecular complexity index is 1070. The van der Waals surface area contributed by atoms with Crippen molar-refractivity contribution in [2.45, 2.75) is 13.0 Å². The van der Waals surface area contributed by atoms with Gasteiger partial charge < -0.3 is 4.74 Å². The van der Waals surface area contributed by atoms with Crippen LogP contribution in [0.5, 0.6) is 0 Å². The van der Waals surface area contributed by atoms with Crippen molar-refractivity contribution in [3.8, 4) is 11.3 Å². The summed E-state index contributed by atoms with van der Waals surface area (Å²) < 4.78 is 5.36. The van der Waals surface area contributed by atoms with E-state index in [2.05, 4.69) is 26.2 Å². The second-order valence-corrected chi connectivity index (χ2v) is 7.58. The van der Waals surface area contributed by atoms with E-state index >= 15 is 0 Å². The first-order valence-corrected chi connectivity index (χ1v) is 9.99. The minimum absolute atomic E-state index is 0.0276. The van der Waals surface area contributed by atoms with Gasteiger partial charge in [0.05, 0.1) is 20.7 Å². The molecule has 0 bridgehead atoms. The van der Waals surface area contributed by atoms with Crippen molar-refractivity contribution in [1.82, 2.24) is 4.98 Å². The number of carbonyl (C=O) groups excluding carboxylic acids is 2. The van der Waals surface area contributed by atoms with Crippen LogP contribution in [0.25, 0.3) is 11.3 Å². The number of nitro groups is 1. The predicted molar refractivity (Wildman–Crippen MR) is 112 cm³/mol. The van der Waals surface area contributed by atoms with Crippen LogP contribution in [-0.2, 0) is 9.53 Å². The number of benzene rings is 2. The van der Waals surface area contributed by atoms with Gasteiger partial charge in [0, 0.05) is 17.0 Å². The maximum absolute atomic E-state index is 12.3. The van der Waals surface area contributed by atoms with Gasteiger partial charge in [-0.25, -0.2) is 9.78 Å². The molecular weight excluding hydrogens is 462 g/mol. The van der Waals surface area contributed by atoms with Crippen molar-refractivity contribution >= 4 is 50.0 Å². The molecule has 10 heteroatoms. The topological polar surface area (TPSA) is 111 Å². The van der Waals surface area contributed by atoms with Crippen molar-refractivity contribution < 1.29 is 19.2 Å². The third-order valence-electron chi connectivity index (χ3n) is 3.84. The Morgan fingerprint density at radius 3 is 2.66 bits per heavy atom. The highest BCUT2D eigenvalue weighted by atomic mass is 79.9. The van der Waals surface area contributed by atoms with Gasteiger partial charge in [-0.1, -0.05) is 30.3 Å². The van der Waals surface area contributed by atoms with E-state index in [1.807, 2.05) is 35.7 Å². The van der Waals surface area contributed by atoms with Crippen molar-refractivity contribution in [3.63, 3.8) is 0 Å². The number of nitro benzene ring substituents is 1. The second kappa shape index (κ2) is 8.93. The Labute approximate surface area is 177 Å². The van der Waals surface area contributed by atoms with Gasteiger partial charge in [-0.05, 0) is 35.0 Å². The minimum Gasteiger partial charge on any atom is -0.449 e. The lowest BCUT2D eigenvalue weighted by molar-refractivity contribution is -0.385. The summed E-state index contributed by atoms with van der Waals surface area (Å²) in [6.45, 7) is 1.41. The maximum Gasteiger partial charge on any atom is 0.339 e. The van der Waals surface area contributed by atoms with E-state index < -0.39 is 22.9 Å². The van der Waals surface area contributed by atoms with Crippen LogP contribution in [-0.4, -0.2) is 27.9 Å². The van der Waals surface area contributed by atoms with E-state index in [1.165, 1.54) is 30.4 Å². The zero-order valence-electron chi connectivity index (χ0n) is 15.0. The summed E-state index contributed by atoms with van der Waals surface area (Å²) in [5, 5.41) is 15.8. The third-order valence-corrected chi connectivity index (χ3v) is 5.26. The van der Waals surface area contributed by atoms with Crippen LogP contribution in [0.4, 0.5) is 10.8 Å². The number of esters is 1. The van der Waals surface area contributed by atoms with E-state index in [9.17, 15) is 19.7 Å². The average molecular weight is 476 g/mol. The number of amides is 1. The summed E-state index contributed by atoms with van der Waals surface area (Å²) >= 11 is 4.29. The molecule has 148 valence electrons. The molecule has 1 aromatic heterocycles. The first-order valence-electron chi connectivity index (χ1n) is 8.32. The van der Waals surface area contributed by atoms with Crippen molar-refractivity contribution in [2.75, 3.05) is 5.32 Å². The van der Waals surface area contributed by atoms with Crippen LogP contribution in [0, 0.1) is 10.1 Å². The van der Waals surface area contributed by atoms with E-state index in [1.54, 1.807) is 0 Å². The van der Waals surface area contributed by atoms with Crippen LogP contribution in [0.15, 0.2) is 58.4 Å². The Balaban J connectivity index is 1.64. The summed E-state index contributed by atoms with van der Waals surface area (Å²) in [5.74, 6) is -1.40. The number of thiazole rings is 1. The second-order valence-electron chi connectivity index (χ2n) is 5.86. The number of ether oxygens (including phenoxy) is 1. The molecule has 3 aromatic rings.